The van der Waals surface area contributed by atoms with Gasteiger partial charge in [0.2, 0.25) is 5.91 Å². The number of methoxy groups -OCH3 is 1. The van der Waals surface area contributed by atoms with Gasteiger partial charge in [0.25, 0.3) is 0 Å². The number of benzene rings is 2. The number of aromatic amines is 1. The quantitative estimate of drug-likeness (QED) is 0.554. The van der Waals surface area contributed by atoms with Crippen LogP contribution in [0, 0.1) is 5.92 Å². The number of ether oxygens (including phenoxy) is 3. The molecule has 30 heavy (non-hydrogen) atoms. The molecule has 0 aliphatic carbocycles. The largest absolute Gasteiger partial charge is 0.497 e. The summed E-state index contributed by atoms with van der Waals surface area (Å²) in [6, 6.07) is 11.1. The lowest BCUT2D eigenvalue weighted by Gasteiger charge is -2.25. The van der Waals surface area contributed by atoms with Crippen LogP contribution in [0.5, 0.6) is 17.2 Å². The molecule has 0 fully saturated rings. The van der Waals surface area contributed by atoms with Crippen LogP contribution in [0.25, 0.3) is 11.1 Å². The molecular formula is C22H23N3O5. The third-order valence-electron chi connectivity index (χ3n) is 4.96. The van der Waals surface area contributed by atoms with E-state index in [9.17, 15) is 4.79 Å². The molecule has 1 aromatic heterocycles. The minimum Gasteiger partial charge on any atom is -0.497 e. The first-order valence-corrected chi connectivity index (χ1v) is 9.65. The van der Waals surface area contributed by atoms with Gasteiger partial charge < -0.3 is 24.6 Å². The molecule has 156 valence electrons. The molecule has 8 nitrogen and oxygen atoms in total. The van der Waals surface area contributed by atoms with E-state index in [1.165, 1.54) is 0 Å². The minimum atomic E-state index is -0.344. The number of rotatable bonds is 7. The summed E-state index contributed by atoms with van der Waals surface area (Å²) in [5.41, 5.74) is 3.26. The van der Waals surface area contributed by atoms with E-state index in [4.69, 9.17) is 19.3 Å². The summed E-state index contributed by atoms with van der Waals surface area (Å²) < 4.78 is 16.7. The van der Waals surface area contributed by atoms with Gasteiger partial charge in [-0.25, -0.2) is 0 Å². The zero-order valence-electron chi connectivity index (χ0n) is 16.6. The van der Waals surface area contributed by atoms with Crippen LogP contribution in [-0.2, 0) is 11.2 Å². The van der Waals surface area contributed by atoms with Crippen LogP contribution in [0.15, 0.2) is 48.8 Å². The monoisotopic (exact) mass is 409 g/mol. The van der Waals surface area contributed by atoms with Gasteiger partial charge in [-0.3, -0.25) is 9.89 Å². The molecule has 1 atom stereocenters. The molecule has 0 radical (unpaired) electrons. The molecule has 1 aliphatic heterocycles. The highest BCUT2D eigenvalue weighted by Crippen LogP contribution is 2.33. The van der Waals surface area contributed by atoms with Crippen molar-refractivity contribution < 1.29 is 24.1 Å². The standard InChI is InChI=1S/C22H23N3O5/c1-28-18-3-5-20-15(9-18)8-16(13-30-20)22(27)25-19-4-2-14(17-11-23-24-12-17)10-21(19)29-7-6-26/h2-5,9-12,16,26H,6-8,13H2,1H3,(H,23,24)(H,25,27). The number of aliphatic hydroxyl groups is 1. The van der Waals surface area contributed by atoms with Crippen molar-refractivity contribution in [3.63, 3.8) is 0 Å². The normalized spacial score (nSPS) is 15.1. The SMILES string of the molecule is COc1ccc2c(c1)CC(C(=O)Nc1ccc(-c3cn[nH]c3)cc1OCCO)CO2. The molecule has 0 bridgehead atoms. The van der Waals surface area contributed by atoms with Gasteiger partial charge in [0.1, 0.15) is 30.5 Å². The highest BCUT2D eigenvalue weighted by molar-refractivity contribution is 5.95. The Morgan fingerprint density at radius 3 is 2.97 bits per heavy atom. The zero-order valence-corrected chi connectivity index (χ0v) is 16.6. The summed E-state index contributed by atoms with van der Waals surface area (Å²) >= 11 is 0. The fraction of sp³-hybridized carbons (Fsp3) is 0.273. The number of nitrogens with one attached hydrogen (secondary N) is 2. The van der Waals surface area contributed by atoms with Gasteiger partial charge in [0.05, 0.1) is 31.5 Å². The fourth-order valence-corrected chi connectivity index (χ4v) is 3.39. The maximum Gasteiger partial charge on any atom is 0.231 e. The van der Waals surface area contributed by atoms with Crippen molar-refractivity contribution in [1.29, 1.82) is 0 Å². The molecule has 1 unspecified atom stereocenters. The molecule has 2 heterocycles. The first-order valence-electron chi connectivity index (χ1n) is 9.65. The lowest BCUT2D eigenvalue weighted by atomic mass is 9.95. The van der Waals surface area contributed by atoms with E-state index < -0.39 is 0 Å². The number of amides is 1. The highest BCUT2D eigenvalue weighted by Gasteiger charge is 2.27. The van der Waals surface area contributed by atoms with E-state index in [-0.39, 0.29) is 25.0 Å². The Bertz CT molecular complexity index is 1020. The molecule has 3 aromatic rings. The van der Waals surface area contributed by atoms with Crippen molar-refractivity contribution >= 4 is 11.6 Å². The maximum atomic E-state index is 12.9. The van der Waals surface area contributed by atoms with Crippen LogP contribution in [-0.4, -0.2) is 48.1 Å². The van der Waals surface area contributed by atoms with Crippen LogP contribution >= 0.6 is 0 Å². The molecule has 1 aliphatic rings. The van der Waals surface area contributed by atoms with Crippen molar-refractivity contribution in [2.24, 2.45) is 5.92 Å². The van der Waals surface area contributed by atoms with E-state index in [1.54, 1.807) is 25.6 Å². The zero-order chi connectivity index (χ0) is 20.9. The first kappa shape index (κ1) is 19.8. The first-order chi connectivity index (χ1) is 14.7. The predicted octanol–water partition coefficient (Wildman–Crippen LogP) is 2.65. The number of nitrogens with zero attached hydrogens (tertiary/aromatic N) is 1. The molecule has 8 heteroatoms. The second-order valence-corrected chi connectivity index (χ2v) is 6.94. The Morgan fingerprint density at radius 1 is 1.30 bits per heavy atom. The Kier molecular flexibility index (Phi) is 5.85. The molecule has 0 saturated heterocycles. The molecule has 3 N–H and O–H groups in total. The topological polar surface area (TPSA) is 106 Å². The average Bonchev–Trinajstić information content (AvgIpc) is 3.32. The van der Waals surface area contributed by atoms with Crippen molar-refractivity contribution in [3.8, 4) is 28.4 Å². The third-order valence-corrected chi connectivity index (χ3v) is 4.96. The number of hydrogen-bond donors (Lipinski definition) is 3. The molecular weight excluding hydrogens is 386 g/mol. The summed E-state index contributed by atoms with van der Waals surface area (Å²) in [6.45, 7) is 0.293. The van der Waals surface area contributed by atoms with Gasteiger partial charge in [0.15, 0.2) is 0 Å². The Hall–Kier alpha value is -3.52. The fourth-order valence-electron chi connectivity index (χ4n) is 3.39. The number of fused-ring (bicyclic) bond motifs is 1. The molecule has 2 aromatic carbocycles. The van der Waals surface area contributed by atoms with Crippen LogP contribution in [0.4, 0.5) is 5.69 Å². The van der Waals surface area contributed by atoms with Crippen LogP contribution < -0.4 is 19.5 Å². The van der Waals surface area contributed by atoms with E-state index in [0.29, 0.717) is 24.5 Å². The van der Waals surface area contributed by atoms with Gasteiger partial charge in [-0.15, -0.1) is 0 Å². The van der Waals surface area contributed by atoms with Gasteiger partial charge in [0, 0.05) is 11.8 Å². The van der Waals surface area contributed by atoms with Crippen molar-refractivity contribution in [2.75, 3.05) is 32.2 Å². The Balaban J connectivity index is 1.52. The lowest BCUT2D eigenvalue weighted by molar-refractivity contribution is -0.121. The maximum absolute atomic E-state index is 12.9. The summed E-state index contributed by atoms with van der Waals surface area (Å²) in [4.78, 5) is 12.9. The third kappa shape index (κ3) is 4.23. The summed E-state index contributed by atoms with van der Waals surface area (Å²) in [7, 11) is 1.61. The molecule has 0 saturated carbocycles. The van der Waals surface area contributed by atoms with E-state index in [2.05, 4.69) is 15.5 Å². The van der Waals surface area contributed by atoms with E-state index in [0.717, 1.165) is 28.2 Å². The number of anilines is 1. The van der Waals surface area contributed by atoms with Gasteiger partial charge >= 0.3 is 0 Å². The lowest BCUT2D eigenvalue weighted by Crippen LogP contribution is -2.32. The van der Waals surface area contributed by atoms with Gasteiger partial charge in [-0.2, -0.15) is 5.10 Å². The predicted molar refractivity (Wildman–Crippen MR) is 111 cm³/mol. The summed E-state index contributed by atoms with van der Waals surface area (Å²) in [5, 5.41) is 18.8. The number of aliphatic hydroxyl groups excluding tert-OH is 1. The van der Waals surface area contributed by atoms with E-state index >= 15 is 0 Å². The number of H-pyrrole nitrogens is 1. The highest BCUT2D eigenvalue weighted by atomic mass is 16.5. The Morgan fingerprint density at radius 2 is 2.20 bits per heavy atom. The van der Waals surface area contributed by atoms with Crippen molar-refractivity contribution in [2.45, 2.75) is 6.42 Å². The van der Waals surface area contributed by atoms with E-state index in [1.807, 2.05) is 30.3 Å². The van der Waals surface area contributed by atoms with Crippen LogP contribution in [0.2, 0.25) is 0 Å². The van der Waals surface area contributed by atoms with Crippen LogP contribution in [0.3, 0.4) is 0 Å². The second kappa shape index (κ2) is 8.87. The molecule has 4 rings (SSSR count). The summed E-state index contributed by atoms with van der Waals surface area (Å²) in [5.74, 6) is 1.48. The van der Waals surface area contributed by atoms with Gasteiger partial charge in [-0.1, -0.05) is 6.07 Å². The van der Waals surface area contributed by atoms with Gasteiger partial charge in [-0.05, 0) is 47.9 Å². The number of carbonyl (C=O) groups is 1. The van der Waals surface area contributed by atoms with Crippen LogP contribution in [0.1, 0.15) is 5.56 Å². The van der Waals surface area contributed by atoms with Crippen molar-refractivity contribution in [1.82, 2.24) is 10.2 Å². The Labute approximate surface area is 173 Å². The molecule has 0 spiro atoms. The number of hydrogen-bond acceptors (Lipinski definition) is 6. The number of aromatic nitrogens is 2. The average molecular weight is 409 g/mol. The number of carbonyl (C=O) groups excluding carboxylic acids is 1. The smallest absolute Gasteiger partial charge is 0.231 e. The minimum absolute atomic E-state index is 0.122. The van der Waals surface area contributed by atoms with Crippen molar-refractivity contribution in [3.05, 3.63) is 54.4 Å². The molecule has 1 amide bonds. The summed E-state index contributed by atoms with van der Waals surface area (Å²) in [6.07, 6.45) is 4.03. The second-order valence-electron chi connectivity index (χ2n) is 6.94.